The van der Waals surface area contributed by atoms with Crippen LogP contribution < -0.4 is 31.0 Å². The van der Waals surface area contributed by atoms with Gasteiger partial charge in [-0.15, -0.1) is 0 Å². The minimum absolute atomic E-state index is 0.00601. The Labute approximate surface area is 472 Å². The molecule has 6 N–H and O–H groups in total. The van der Waals surface area contributed by atoms with Crippen molar-refractivity contribution in [2.75, 3.05) is 86.9 Å². The topological polar surface area (TPSA) is 270 Å². The van der Waals surface area contributed by atoms with Gasteiger partial charge in [-0.2, -0.15) is 0 Å². The van der Waals surface area contributed by atoms with Gasteiger partial charge < -0.3 is 68.4 Å². The third-order valence-corrected chi connectivity index (χ3v) is 15.3. The molecule has 6 bridgehead atoms. The van der Waals surface area contributed by atoms with E-state index in [0.29, 0.717) is 30.9 Å². The summed E-state index contributed by atoms with van der Waals surface area (Å²) < 4.78 is 42.9. The molecular formula is C56H79ClN8O15. The Hall–Kier alpha value is -6.15. The number of rotatable bonds is 23. The van der Waals surface area contributed by atoms with Crippen LogP contribution in [0.3, 0.4) is 0 Å². The van der Waals surface area contributed by atoms with Crippen LogP contribution in [-0.4, -0.2) is 190 Å². The molecule has 4 aliphatic rings. The number of para-hydroxylation sites is 1. The Bertz CT molecular complexity index is 2750. The number of hydrogen-bond acceptors (Lipinski definition) is 17. The highest BCUT2D eigenvalue weighted by molar-refractivity contribution is 6.35. The number of ether oxygens (including phenoxy) is 7. The number of hydrogen-bond donors (Lipinski definition) is 6. The lowest BCUT2D eigenvalue weighted by Gasteiger charge is -2.59. The molecule has 0 saturated carbocycles. The molecule has 3 aromatic rings. The molecule has 80 heavy (non-hydrogen) atoms. The molecular weight excluding hydrogens is 1060 g/mol. The summed E-state index contributed by atoms with van der Waals surface area (Å²) in [4.78, 5) is 83.2. The van der Waals surface area contributed by atoms with Crippen molar-refractivity contribution in [1.82, 2.24) is 35.9 Å². The standard InChI is InChI=1S/C56H79ClN8O15/c1-35-14-13-17-44(75-10)56(73)31-46(79-53(72)61-56)55(4)34-54(3,80-55)45(30-49(69)64(8)42-27-37(26-35)28-43(74-9)50(42)57)78-52(71)36(2)63(7)48(68)19-22-76-24-25-77-23-20-59-51(70)40(33-66)60-47(67)18-21-65-39(32-62(6)58-5)29-38-15-11-12-16-41(38)65/h11-17,27-29,36,40,44-46,58,66,73H,18-26,30-34H2,1-10H3,(H,59,70)(H,60,67)(H,61,72)/b17-13+,35-14+/t36-,40-,44+,45-,46-,54+,55+,56-/m0/s1. The predicted molar refractivity (Wildman–Crippen MR) is 296 cm³/mol. The molecule has 5 heterocycles. The van der Waals surface area contributed by atoms with Crippen LogP contribution in [0.1, 0.15) is 71.1 Å². The Morgan fingerprint density at radius 1 is 1.01 bits per heavy atom. The van der Waals surface area contributed by atoms with E-state index in [1.54, 1.807) is 45.2 Å². The average molecular weight is 1140 g/mol. The summed E-state index contributed by atoms with van der Waals surface area (Å²) >= 11 is 6.82. The molecule has 5 amide bonds. The maximum absolute atomic E-state index is 14.3. The highest BCUT2D eigenvalue weighted by Gasteiger charge is 2.63. The van der Waals surface area contributed by atoms with E-state index in [-0.39, 0.29) is 70.1 Å². The lowest BCUT2D eigenvalue weighted by molar-refractivity contribution is -0.328. The molecule has 2 saturated heterocycles. The summed E-state index contributed by atoms with van der Waals surface area (Å²) in [5.74, 6) is -2.37. The Kier molecular flexibility index (Phi) is 22.1. The van der Waals surface area contributed by atoms with Crippen LogP contribution in [0.15, 0.2) is 66.3 Å². The van der Waals surface area contributed by atoms with E-state index in [2.05, 4.69) is 32.0 Å². The van der Waals surface area contributed by atoms with Gasteiger partial charge in [0.05, 0.1) is 65.2 Å². The molecule has 7 rings (SSSR count). The first-order valence-electron chi connectivity index (χ1n) is 26.6. The number of nitrogens with zero attached hydrogens (tertiary/aromatic N) is 4. The zero-order valence-electron chi connectivity index (χ0n) is 47.4. The van der Waals surface area contributed by atoms with Gasteiger partial charge in [0, 0.05) is 71.8 Å². The number of aliphatic hydroxyl groups is 2. The fourth-order valence-corrected chi connectivity index (χ4v) is 10.5. The number of esters is 1. The molecule has 440 valence electrons. The number of carbonyl (C=O) groups excluding carboxylic acids is 6. The number of halogens is 1. The van der Waals surface area contributed by atoms with Crippen molar-refractivity contribution in [1.29, 1.82) is 0 Å². The molecule has 4 aliphatic heterocycles. The van der Waals surface area contributed by atoms with Crippen LogP contribution in [0.25, 0.3) is 10.9 Å². The van der Waals surface area contributed by atoms with E-state index < -0.39 is 89.6 Å². The van der Waals surface area contributed by atoms with Crippen LogP contribution in [-0.2, 0) is 71.9 Å². The molecule has 2 fully saturated rings. The van der Waals surface area contributed by atoms with E-state index in [4.69, 9.17) is 44.8 Å². The molecule has 24 heteroatoms. The Morgan fingerprint density at radius 3 is 2.41 bits per heavy atom. The molecule has 0 radical (unpaired) electrons. The van der Waals surface area contributed by atoms with Crippen molar-refractivity contribution >= 4 is 63.9 Å². The molecule has 0 spiro atoms. The van der Waals surface area contributed by atoms with Gasteiger partial charge in [-0.1, -0.05) is 53.6 Å². The summed E-state index contributed by atoms with van der Waals surface area (Å²) in [5, 5.41) is 32.7. The van der Waals surface area contributed by atoms with E-state index in [9.17, 15) is 39.0 Å². The highest BCUT2D eigenvalue weighted by Crippen LogP contribution is 2.50. The van der Waals surface area contributed by atoms with E-state index in [0.717, 1.165) is 27.7 Å². The highest BCUT2D eigenvalue weighted by atomic mass is 35.5. The first kappa shape index (κ1) is 63.0. The third-order valence-electron chi connectivity index (χ3n) is 14.9. The van der Waals surface area contributed by atoms with Gasteiger partial charge in [0.1, 0.15) is 52.4 Å². The number of hydrazine groups is 1. The van der Waals surface area contributed by atoms with Crippen molar-refractivity contribution < 1.29 is 72.1 Å². The maximum atomic E-state index is 14.3. The van der Waals surface area contributed by atoms with Gasteiger partial charge in [0.2, 0.25) is 23.6 Å². The second-order valence-corrected chi connectivity index (χ2v) is 21.3. The number of anilines is 1. The lowest BCUT2D eigenvalue weighted by Crippen LogP contribution is -2.72. The normalized spacial score (nSPS) is 25.1. The molecule has 8 atom stereocenters. The number of methoxy groups -OCH3 is 2. The van der Waals surface area contributed by atoms with Crippen molar-refractivity contribution in [3.05, 3.63) is 82.5 Å². The molecule has 23 nitrogen and oxygen atoms in total. The molecule has 0 unspecified atom stereocenters. The summed E-state index contributed by atoms with van der Waals surface area (Å²) in [7, 11) is 9.62. The second kappa shape index (κ2) is 28.0. The number of aromatic nitrogens is 1. The number of allylic oxidation sites excluding steroid dienone is 3. The summed E-state index contributed by atoms with van der Waals surface area (Å²) in [6, 6.07) is 11.2. The fourth-order valence-electron chi connectivity index (χ4n) is 10.2. The summed E-state index contributed by atoms with van der Waals surface area (Å²) in [5.41, 5.74) is 2.63. The molecule has 0 aliphatic carbocycles. The Balaban J connectivity index is 0.989. The minimum atomic E-state index is -1.91. The van der Waals surface area contributed by atoms with Crippen LogP contribution >= 0.6 is 11.6 Å². The maximum Gasteiger partial charge on any atom is 0.409 e. The van der Waals surface area contributed by atoms with Crippen molar-refractivity contribution in [2.24, 2.45) is 0 Å². The largest absolute Gasteiger partial charge is 0.495 e. The lowest BCUT2D eigenvalue weighted by atomic mass is 9.72. The second-order valence-electron chi connectivity index (χ2n) is 20.9. The van der Waals surface area contributed by atoms with Crippen LogP contribution in [0.2, 0.25) is 5.02 Å². The van der Waals surface area contributed by atoms with E-state index >= 15 is 0 Å². The van der Waals surface area contributed by atoms with E-state index in [1.165, 1.54) is 38.0 Å². The number of likely N-dealkylation sites (N-methyl/N-ethyl adjacent to an activating group) is 1. The number of carbonyl (C=O) groups is 6. The number of alkyl carbamates (subject to hydrolysis) is 1. The van der Waals surface area contributed by atoms with Gasteiger partial charge in [0.25, 0.3) is 0 Å². The van der Waals surface area contributed by atoms with Crippen molar-refractivity contribution in [3.63, 3.8) is 0 Å². The smallest absolute Gasteiger partial charge is 0.409 e. The number of aliphatic hydroxyl groups excluding tert-OH is 1. The van der Waals surface area contributed by atoms with Crippen LogP contribution in [0.4, 0.5) is 10.5 Å². The van der Waals surface area contributed by atoms with Gasteiger partial charge >= 0.3 is 12.1 Å². The molecule has 1 aromatic heterocycles. The number of amides is 5. The summed E-state index contributed by atoms with van der Waals surface area (Å²) in [6.07, 6.45) is 1.03. The zero-order valence-corrected chi connectivity index (χ0v) is 48.2. The van der Waals surface area contributed by atoms with Gasteiger partial charge in [-0.3, -0.25) is 29.9 Å². The predicted octanol–water partition coefficient (Wildman–Crippen LogP) is 3.29. The fraction of sp³-hybridized carbons (Fsp3) is 0.571. The van der Waals surface area contributed by atoms with E-state index in [1.807, 2.05) is 56.4 Å². The zero-order chi connectivity index (χ0) is 58.5. The SMILES string of the molecule is CNN(C)Cc1cc2ccccc2n1CCC(=O)N[C@@H](CO)C(=O)NCCOCCOCCC(=O)N(C)[C@@H](C)C(=O)O[C@H]1CC(=O)N(C)c2cc(cc(OC)c2Cl)C/C(C)=C/C=C/[C@@H](OC)[C@@]2(O)C[C@H](OC(=O)N2)[C@@]2(C)C[C@@]1(C)O2. The van der Waals surface area contributed by atoms with Crippen LogP contribution in [0, 0.1) is 0 Å². The van der Waals surface area contributed by atoms with Gasteiger partial charge in [-0.25, -0.2) is 14.6 Å². The minimum Gasteiger partial charge on any atom is -0.495 e. The monoisotopic (exact) mass is 1140 g/mol. The van der Waals surface area contributed by atoms with Gasteiger partial charge in [0.15, 0.2) is 5.72 Å². The first-order valence-corrected chi connectivity index (χ1v) is 27.0. The number of aryl methyl sites for hydroxylation is 1. The number of fused-ring (bicyclic) bond motifs is 7. The average Bonchev–Trinajstić information content (AvgIpc) is 3.93. The first-order chi connectivity index (χ1) is 38.0. The van der Waals surface area contributed by atoms with Gasteiger partial charge in [-0.05, 0) is 76.4 Å². The quantitative estimate of drug-likeness (QED) is 0.0452. The number of nitrogens with one attached hydrogen (secondary N) is 4. The Morgan fingerprint density at radius 2 is 1.73 bits per heavy atom. The number of benzene rings is 2. The van der Waals surface area contributed by atoms with Crippen molar-refractivity contribution in [2.45, 2.75) is 127 Å². The van der Waals surface area contributed by atoms with Crippen LogP contribution in [0.5, 0.6) is 5.75 Å². The molecule has 2 aromatic carbocycles. The third kappa shape index (κ3) is 15.6. The summed E-state index contributed by atoms with van der Waals surface area (Å²) in [6.45, 7) is 7.58. The van der Waals surface area contributed by atoms with Crippen molar-refractivity contribution in [3.8, 4) is 5.75 Å².